The van der Waals surface area contributed by atoms with Gasteiger partial charge >= 0.3 is 46.8 Å². The molecule has 0 aromatic carbocycles. The molecule has 7 heavy (non-hydrogen) atoms. The second-order valence-electron chi connectivity index (χ2n) is 0.408. The molecule has 32 valence electrons. The summed E-state index contributed by atoms with van der Waals surface area (Å²) in [6.07, 6.45) is 0. The number of hydrogen-bond acceptors (Lipinski definition) is 4. The van der Waals surface area contributed by atoms with Crippen LogP contribution in [-0.4, -0.2) is 17.5 Å². The van der Waals surface area contributed by atoms with Crippen LogP contribution in [0.5, 0.6) is 0 Å². The van der Waals surface area contributed by atoms with E-state index >= 15 is 0 Å². The summed E-state index contributed by atoms with van der Waals surface area (Å²) in [6.45, 7) is 0. The van der Waals surface area contributed by atoms with Gasteiger partial charge in [0.25, 0.3) is 0 Å². The molecule has 0 unspecified atom stereocenters. The molecule has 0 aliphatic rings. The molecule has 0 radical (unpaired) electrons. The Bertz CT molecular complexity index is 94.9. The third-order valence-electron chi connectivity index (χ3n) is 0. The minimum absolute atomic E-state index is 0. The summed E-state index contributed by atoms with van der Waals surface area (Å²) in [5.74, 6) is 0. The molecule has 0 amide bonds. The van der Waals surface area contributed by atoms with E-state index in [1.54, 1.807) is 0 Å². The van der Waals surface area contributed by atoms with Gasteiger partial charge in [-0.1, -0.05) is 0 Å². The van der Waals surface area contributed by atoms with Crippen molar-refractivity contribution in [1.82, 2.24) is 0 Å². The molecule has 0 aromatic heterocycles. The summed E-state index contributed by atoms with van der Waals surface area (Å²) in [6, 6.07) is 0. The molecule has 0 spiro atoms. The SMILES string of the molecule is O=S(=O)([O-])[O-].[Cd+2].[Zn+2]. The Morgan fingerprint density at radius 1 is 1.14 bits per heavy atom. The molecule has 7 heteroatoms. The molecule has 0 rings (SSSR count). The normalized spacial score (nSPS) is 8.29. The van der Waals surface area contributed by atoms with Crippen LogP contribution >= 0.6 is 0 Å². The smallest absolute Gasteiger partial charge is 0.759 e. The zero-order chi connectivity index (χ0) is 4.50. The second kappa shape index (κ2) is 5.55. The largest absolute Gasteiger partial charge is 2.00 e. The predicted molar refractivity (Wildman–Crippen MR) is 10.5 cm³/mol. The monoisotopic (exact) mass is 274 g/mol. The van der Waals surface area contributed by atoms with Gasteiger partial charge in [-0.25, -0.2) is 0 Å². The Labute approximate surface area is 74.2 Å². The molecule has 0 N–H and O–H groups in total. The van der Waals surface area contributed by atoms with Crippen LogP contribution in [0, 0.1) is 0 Å². The van der Waals surface area contributed by atoms with Gasteiger partial charge in [0.1, 0.15) is 0 Å². The summed E-state index contributed by atoms with van der Waals surface area (Å²) in [5, 5.41) is 0. The molecule has 4 nitrogen and oxygen atoms in total. The van der Waals surface area contributed by atoms with Crippen LogP contribution in [0.4, 0.5) is 0 Å². The van der Waals surface area contributed by atoms with E-state index in [2.05, 4.69) is 0 Å². The Morgan fingerprint density at radius 3 is 1.14 bits per heavy atom. The van der Waals surface area contributed by atoms with E-state index in [0.29, 0.717) is 0 Å². The average molecular weight is 274 g/mol. The summed E-state index contributed by atoms with van der Waals surface area (Å²) in [5.41, 5.74) is 0. The molecule has 0 aromatic rings. The molecular formula is CdO4SZn+2. The molecule has 0 atom stereocenters. The van der Waals surface area contributed by atoms with Crippen molar-refractivity contribution in [3.8, 4) is 0 Å². The van der Waals surface area contributed by atoms with Crippen molar-refractivity contribution in [2.75, 3.05) is 0 Å². The van der Waals surface area contributed by atoms with Gasteiger partial charge in [-0.05, 0) is 0 Å². The summed E-state index contributed by atoms with van der Waals surface area (Å²) in [7, 11) is -5.17. The summed E-state index contributed by atoms with van der Waals surface area (Å²) < 4.78 is 34.1. The first-order valence-electron chi connectivity index (χ1n) is 0.667. The van der Waals surface area contributed by atoms with Gasteiger partial charge in [0.15, 0.2) is 0 Å². The zero-order valence-electron chi connectivity index (χ0n) is 3.46. The predicted octanol–water partition coefficient (Wildman–Crippen LogP) is -1.34. The third kappa shape index (κ3) is 109. The maximum absolute atomic E-state index is 8.52. The van der Waals surface area contributed by atoms with E-state index in [4.69, 9.17) is 17.5 Å². The molecular weight excluding hydrogens is 274 g/mol. The fraction of sp³-hybridized carbons (Fsp3) is 0. The first kappa shape index (κ1) is 15.8. The Kier molecular flexibility index (Phi) is 12.5. The van der Waals surface area contributed by atoms with E-state index in [-0.39, 0.29) is 46.8 Å². The molecule has 0 saturated carbocycles. The van der Waals surface area contributed by atoms with Gasteiger partial charge in [0, 0.05) is 10.4 Å². The van der Waals surface area contributed by atoms with E-state index in [1.165, 1.54) is 0 Å². The van der Waals surface area contributed by atoms with Gasteiger partial charge in [-0.15, -0.1) is 0 Å². The number of rotatable bonds is 0. The van der Waals surface area contributed by atoms with Crippen LogP contribution in [0.3, 0.4) is 0 Å². The van der Waals surface area contributed by atoms with Crippen molar-refractivity contribution < 1.29 is 64.3 Å². The van der Waals surface area contributed by atoms with Crippen molar-refractivity contribution in [2.24, 2.45) is 0 Å². The van der Waals surface area contributed by atoms with Crippen LogP contribution in [-0.2, 0) is 57.2 Å². The Balaban J connectivity index is -0.0000000800. The van der Waals surface area contributed by atoms with E-state index in [1.807, 2.05) is 0 Å². The number of hydrogen-bond donors (Lipinski definition) is 0. The van der Waals surface area contributed by atoms with Gasteiger partial charge < -0.3 is 9.11 Å². The van der Waals surface area contributed by atoms with Crippen LogP contribution in [0.2, 0.25) is 0 Å². The van der Waals surface area contributed by atoms with Gasteiger partial charge in [-0.3, -0.25) is 8.42 Å². The average Bonchev–Trinajstić information content (AvgIpc) is 0.722. The van der Waals surface area contributed by atoms with Gasteiger partial charge in [0.2, 0.25) is 0 Å². The molecule has 0 bridgehead atoms. The first-order chi connectivity index (χ1) is 2.00. The van der Waals surface area contributed by atoms with Gasteiger partial charge in [0.05, 0.1) is 0 Å². The maximum atomic E-state index is 8.52. The van der Waals surface area contributed by atoms with Crippen molar-refractivity contribution >= 4 is 10.4 Å². The van der Waals surface area contributed by atoms with Crippen LogP contribution in [0.1, 0.15) is 0 Å². The quantitative estimate of drug-likeness (QED) is 0.311. The van der Waals surface area contributed by atoms with Crippen molar-refractivity contribution in [1.29, 1.82) is 0 Å². The molecule has 0 fully saturated rings. The maximum Gasteiger partial charge on any atom is 2.00 e. The summed E-state index contributed by atoms with van der Waals surface area (Å²) in [4.78, 5) is 0. The van der Waals surface area contributed by atoms with Crippen LogP contribution < -0.4 is 0 Å². The Morgan fingerprint density at radius 2 is 1.14 bits per heavy atom. The molecule has 0 aliphatic carbocycles. The fourth-order valence-electron chi connectivity index (χ4n) is 0. The first-order valence-corrected chi connectivity index (χ1v) is 2.00. The standard InChI is InChI=1S/Cd.H2O4S.Zn/c;1-5(2,3)4;/h;(H2,1,2,3,4);/q+2;;+2/p-2. The van der Waals surface area contributed by atoms with E-state index in [9.17, 15) is 0 Å². The third-order valence-corrected chi connectivity index (χ3v) is 0. The minimum Gasteiger partial charge on any atom is -0.759 e. The van der Waals surface area contributed by atoms with Crippen molar-refractivity contribution in [3.63, 3.8) is 0 Å². The molecule has 0 saturated heterocycles. The molecule has 0 heterocycles. The second-order valence-corrected chi connectivity index (χ2v) is 1.22. The van der Waals surface area contributed by atoms with E-state index in [0.717, 1.165) is 0 Å². The van der Waals surface area contributed by atoms with Crippen LogP contribution in [0.15, 0.2) is 0 Å². The topological polar surface area (TPSA) is 80.3 Å². The van der Waals surface area contributed by atoms with Crippen LogP contribution in [0.25, 0.3) is 0 Å². The van der Waals surface area contributed by atoms with E-state index < -0.39 is 10.4 Å². The summed E-state index contributed by atoms with van der Waals surface area (Å²) >= 11 is 0. The minimum atomic E-state index is -5.17. The zero-order valence-corrected chi connectivity index (χ0v) is 11.3. The van der Waals surface area contributed by atoms with Crippen molar-refractivity contribution in [2.45, 2.75) is 0 Å². The van der Waals surface area contributed by atoms with Gasteiger partial charge in [-0.2, -0.15) is 0 Å². The fourth-order valence-corrected chi connectivity index (χ4v) is 0. The molecule has 0 aliphatic heterocycles. The Hall–Kier alpha value is 1.42. The van der Waals surface area contributed by atoms with Crippen molar-refractivity contribution in [3.05, 3.63) is 0 Å².